The van der Waals surface area contributed by atoms with Crippen LogP contribution in [0.4, 0.5) is 0 Å². The summed E-state index contributed by atoms with van der Waals surface area (Å²) in [7, 11) is 0. The van der Waals surface area contributed by atoms with E-state index in [9.17, 15) is 0 Å². The van der Waals surface area contributed by atoms with Gasteiger partial charge in [0.2, 0.25) is 0 Å². The van der Waals surface area contributed by atoms with Crippen LogP contribution in [0.15, 0.2) is 24.3 Å². The molecule has 1 aromatic heterocycles. The summed E-state index contributed by atoms with van der Waals surface area (Å²) >= 11 is 0. The molecule has 0 atom stereocenters. The van der Waals surface area contributed by atoms with Gasteiger partial charge in [-0.2, -0.15) is 0 Å². The summed E-state index contributed by atoms with van der Waals surface area (Å²) in [6.07, 6.45) is 4.18. The number of benzene rings is 1. The molecule has 1 nitrogen and oxygen atoms in total. The molecule has 0 aliphatic carbocycles. The number of aromatic amines is 1. The van der Waals surface area contributed by atoms with Gasteiger partial charge in [-0.25, -0.2) is 0 Å². The summed E-state index contributed by atoms with van der Waals surface area (Å²) in [6, 6.07) is 8.29. The number of hydrogen-bond acceptors (Lipinski definition) is 0. The van der Waals surface area contributed by atoms with Crippen molar-refractivity contribution in [2.75, 3.05) is 0 Å². The predicted molar refractivity (Wildman–Crippen MR) is 46.5 cm³/mol. The van der Waals surface area contributed by atoms with Crippen LogP contribution in [0.25, 0.3) is 10.9 Å². The van der Waals surface area contributed by atoms with Crippen molar-refractivity contribution in [3.8, 4) is 0 Å². The molecular formula is C10H10N. The van der Waals surface area contributed by atoms with Gasteiger partial charge in [-0.15, -0.1) is 0 Å². The topological polar surface area (TPSA) is 15.8 Å². The molecule has 0 saturated carbocycles. The number of aryl methyl sites for hydroxylation is 1. The summed E-state index contributed by atoms with van der Waals surface area (Å²) < 4.78 is 0. The first kappa shape index (κ1) is 6.47. The van der Waals surface area contributed by atoms with E-state index < -0.39 is 0 Å². The molecule has 0 bridgehead atoms. The maximum atomic E-state index is 3.14. The quantitative estimate of drug-likeness (QED) is 0.633. The fourth-order valence-electron chi connectivity index (χ4n) is 1.34. The van der Waals surface area contributed by atoms with Gasteiger partial charge >= 0.3 is 0 Å². The van der Waals surface area contributed by atoms with Crippen molar-refractivity contribution in [1.29, 1.82) is 0 Å². The third-order valence-electron chi connectivity index (χ3n) is 1.95. The summed E-state index contributed by atoms with van der Waals surface area (Å²) in [4.78, 5) is 3.11. The highest BCUT2D eigenvalue weighted by atomic mass is 14.7. The highest BCUT2D eigenvalue weighted by Crippen LogP contribution is 2.16. The molecule has 0 aliphatic rings. The molecule has 2 aromatic rings. The van der Waals surface area contributed by atoms with Crippen molar-refractivity contribution < 1.29 is 0 Å². The largest absolute Gasteiger partial charge is 0.353 e. The standard InChI is InChI=1S/C10H10N/c1-2-8-7-11-10-6-4-3-5-9(8)10/h3-6,11H,2H2,1H3. The van der Waals surface area contributed by atoms with E-state index in [-0.39, 0.29) is 0 Å². The van der Waals surface area contributed by atoms with E-state index in [1.54, 1.807) is 0 Å². The second-order valence-corrected chi connectivity index (χ2v) is 2.63. The molecule has 1 heteroatoms. The van der Waals surface area contributed by atoms with E-state index in [0.717, 1.165) is 6.42 Å². The van der Waals surface area contributed by atoms with Gasteiger partial charge < -0.3 is 4.98 Å². The number of rotatable bonds is 1. The first-order chi connectivity index (χ1) is 5.42. The van der Waals surface area contributed by atoms with Gasteiger partial charge in [-0.1, -0.05) is 25.1 Å². The van der Waals surface area contributed by atoms with Crippen molar-refractivity contribution in [1.82, 2.24) is 4.98 Å². The van der Waals surface area contributed by atoms with Crippen LogP contribution in [-0.2, 0) is 6.42 Å². The Morgan fingerprint density at radius 3 is 3.00 bits per heavy atom. The average Bonchev–Trinajstić information content (AvgIpc) is 2.47. The van der Waals surface area contributed by atoms with E-state index in [0.29, 0.717) is 0 Å². The lowest BCUT2D eigenvalue weighted by atomic mass is 10.1. The van der Waals surface area contributed by atoms with Crippen molar-refractivity contribution in [3.63, 3.8) is 0 Å². The molecule has 1 heterocycles. The van der Waals surface area contributed by atoms with E-state index in [1.165, 1.54) is 16.5 Å². The van der Waals surface area contributed by atoms with Gasteiger partial charge in [0.1, 0.15) is 0 Å². The average molecular weight is 144 g/mol. The van der Waals surface area contributed by atoms with Gasteiger partial charge in [0, 0.05) is 10.9 Å². The lowest BCUT2D eigenvalue weighted by molar-refractivity contribution is 1.15. The molecule has 1 N–H and O–H groups in total. The number of nitrogens with one attached hydrogen (secondary N) is 1. The fraction of sp³-hybridized carbons (Fsp3) is 0.200. The van der Waals surface area contributed by atoms with Crippen molar-refractivity contribution in [3.05, 3.63) is 36.0 Å². The maximum Gasteiger partial charge on any atom is 0.0666 e. The molecule has 55 valence electrons. The smallest absolute Gasteiger partial charge is 0.0666 e. The Morgan fingerprint density at radius 2 is 2.18 bits per heavy atom. The zero-order valence-electron chi connectivity index (χ0n) is 6.52. The zero-order valence-corrected chi connectivity index (χ0v) is 6.52. The van der Waals surface area contributed by atoms with Gasteiger partial charge in [-0.05, 0) is 18.1 Å². The Morgan fingerprint density at radius 1 is 1.36 bits per heavy atom. The van der Waals surface area contributed by atoms with Gasteiger partial charge in [0.25, 0.3) is 0 Å². The highest BCUT2D eigenvalue weighted by molar-refractivity contribution is 5.82. The minimum absolute atomic E-state index is 1.05. The summed E-state index contributed by atoms with van der Waals surface area (Å²) in [5.41, 5.74) is 2.46. The molecule has 0 aliphatic heterocycles. The van der Waals surface area contributed by atoms with Crippen molar-refractivity contribution in [2.45, 2.75) is 13.3 Å². The molecule has 0 saturated heterocycles. The molecule has 0 spiro atoms. The van der Waals surface area contributed by atoms with Crippen LogP contribution in [-0.4, -0.2) is 4.98 Å². The second kappa shape index (κ2) is 2.42. The molecule has 0 amide bonds. The minimum atomic E-state index is 1.05. The lowest BCUT2D eigenvalue weighted by Gasteiger charge is -1.90. The van der Waals surface area contributed by atoms with Gasteiger partial charge in [-0.3, -0.25) is 0 Å². The second-order valence-electron chi connectivity index (χ2n) is 2.63. The monoisotopic (exact) mass is 144 g/mol. The Labute approximate surface area is 66.1 Å². The summed E-state index contributed by atoms with van der Waals surface area (Å²) in [5.74, 6) is 0. The predicted octanol–water partition coefficient (Wildman–Crippen LogP) is 2.53. The first-order valence-electron chi connectivity index (χ1n) is 3.89. The van der Waals surface area contributed by atoms with E-state index in [1.807, 2.05) is 6.07 Å². The third-order valence-corrected chi connectivity index (χ3v) is 1.95. The number of hydrogen-bond donors (Lipinski definition) is 1. The van der Waals surface area contributed by atoms with E-state index in [2.05, 4.69) is 36.3 Å². The molecule has 1 aromatic carbocycles. The Hall–Kier alpha value is -1.24. The Bertz CT molecular complexity index is 360. The summed E-state index contributed by atoms with van der Waals surface area (Å²) in [5, 5.41) is 1.30. The van der Waals surface area contributed by atoms with Crippen LogP contribution < -0.4 is 0 Å². The van der Waals surface area contributed by atoms with Crippen LogP contribution in [0.5, 0.6) is 0 Å². The molecule has 0 unspecified atom stereocenters. The van der Waals surface area contributed by atoms with E-state index >= 15 is 0 Å². The van der Waals surface area contributed by atoms with Crippen molar-refractivity contribution in [2.24, 2.45) is 0 Å². The lowest BCUT2D eigenvalue weighted by Crippen LogP contribution is -1.73. The highest BCUT2D eigenvalue weighted by Gasteiger charge is 1.98. The minimum Gasteiger partial charge on any atom is -0.353 e. The number of H-pyrrole nitrogens is 1. The number of para-hydroxylation sites is 1. The third kappa shape index (κ3) is 0.929. The Kier molecular flexibility index (Phi) is 1.42. The van der Waals surface area contributed by atoms with Crippen LogP contribution >= 0.6 is 0 Å². The van der Waals surface area contributed by atoms with Gasteiger partial charge in [0.05, 0.1) is 6.20 Å². The molecule has 0 fully saturated rings. The van der Waals surface area contributed by atoms with Crippen LogP contribution in [0.1, 0.15) is 12.5 Å². The Balaban J connectivity index is 2.76. The molecular weight excluding hydrogens is 134 g/mol. The number of aromatic nitrogens is 1. The molecule has 2 rings (SSSR count). The molecule has 11 heavy (non-hydrogen) atoms. The normalized spacial score (nSPS) is 10.6. The van der Waals surface area contributed by atoms with E-state index in [4.69, 9.17) is 0 Å². The SMILES string of the molecule is CCc1[c][nH]c2ccccc12. The zero-order chi connectivity index (χ0) is 7.68. The van der Waals surface area contributed by atoms with Crippen molar-refractivity contribution >= 4 is 10.9 Å². The number of fused-ring (bicyclic) bond motifs is 1. The van der Waals surface area contributed by atoms with Crippen LogP contribution in [0.2, 0.25) is 0 Å². The van der Waals surface area contributed by atoms with Crippen LogP contribution in [0.3, 0.4) is 0 Å². The first-order valence-corrected chi connectivity index (χ1v) is 3.89. The van der Waals surface area contributed by atoms with Crippen LogP contribution in [0, 0.1) is 6.20 Å². The fourth-order valence-corrected chi connectivity index (χ4v) is 1.34. The van der Waals surface area contributed by atoms with Gasteiger partial charge in [0.15, 0.2) is 0 Å². The molecule has 1 radical (unpaired) electrons. The summed E-state index contributed by atoms with van der Waals surface area (Å²) in [6.45, 7) is 2.14. The maximum absolute atomic E-state index is 3.14.